The molecule has 7 heteroatoms. The lowest BCUT2D eigenvalue weighted by Gasteiger charge is -2.21. The van der Waals surface area contributed by atoms with Gasteiger partial charge < -0.3 is 20.1 Å². The molecule has 1 aromatic heterocycles. The Kier molecular flexibility index (Phi) is 6.33. The Balaban J connectivity index is 1.42. The first kappa shape index (κ1) is 17.8. The van der Waals surface area contributed by atoms with Crippen LogP contribution in [0.25, 0.3) is 0 Å². The average molecular weight is 405 g/mol. The lowest BCUT2D eigenvalue weighted by atomic mass is 10.2. The molecule has 3 rings (SSSR count). The van der Waals surface area contributed by atoms with E-state index in [2.05, 4.69) is 70.3 Å². The van der Waals surface area contributed by atoms with Crippen LogP contribution in [0.3, 0.4) is 0 Å². The van der Waals surface area contributed by atoms with Gasteiger partial charge >= 0.3 is 0 Å². The number of anilines is 1. The number of guanidine groups is 1. The van der Waals surface area contributed by atoms with Crippen LogP contribution < -0.4 is 15.5 Å². The van der Waals surface area contributed by atoms with Crippen molar-refractivity contribution in [1.29, 1.82) is 0 Å². The maximum absolute atomic E-state index is 4.35. The van der Waals surface area contributed by atoms with Crippen molar-refractivity contribution in [2.45, 2.75) is 25.4 Å². The first-order chi connectivity index (χ1) is 12.3. The van der Waals surface area contributed by atoms with Gasteiger partial charge in [-0.05, 0) is 40.9 Å². The van der Waals surface area contributed by atoms with E-state index in [4.69, 9.17) is 0 Å². The minimum atomic E-state index is 0.409. The number of para-hydroxylation sites is 1. The van der Waals surface area contributed by atoms with E-state index in [9.17, 15) is 0 Å². The third-order valence-corrected chi connectivity index (χ3v) is 5.06. The molecule has 1 unspecified atom stereocenters. The first-order valence-electron chi connectivity index (χ1n) is 8.68. The molecule has 1 aliphatic heterocycles. The Labute approximate surface area is 157 Å². The summed E-state index contributed by atoms with van der Waals surface area (Å²) in [5.74, 6) is 0.879. The zero-order chi connectivity index (χ0) is 17.5. The molecule has 0 aliphatic carbocycles. The van der Waals surface area contributed by atoms with Crippen molar-refractivity contribution < 1.29 is 0 Å². The number of aromatic nitrogens is 2. The molecule has 1 atom stereocenters. The van der Waals surface area contributed by atoms with Crippen molar-refractivity contribution in [2.75, 3.05) is 31.6 Å². The molecule has 0 saturated carbocycles. The number of imidazole rings is 1. The summed E-state index contributed by atoms with van der Waals surface area (Å²) in [5, 5.41) is 6.94. The van der Waals surface area contributed by atoms with Crippen molar-refractivity contribution in [2.24, 2.45) is 4.99 Å². The van der Waals surface area contributed by atoms with Gasteiger partial charge in [0.05, 0.1) is 12.0 Å². The zero-order valence-electron chi connectivity index (χ0n) is 14.5. The lowest BCUT2D eigenvalue weighted by Crippen LogP contribution is -2.45. The highest BCUT2D eigenvalue weighted by atomic mass is 79.9. The highest BCUT2D eigenvalue weighted by Crippen LogP contribution is 2.28. The van der Waals surface area contributed by atoms with E-state index in [1.165, 1.54) is 5.69 Å². The van der Waals surface area contributed by atoms with Gasteiger partial charge in [0, 0.05) is 56.1 Å². The third kappa shape index (κ3) is 4.98. The fraction of sp³-hybridized carbons (Fsp3) is 0.444. The van der Waals surface area contributed by atoms with Gasteiger partial charge in [-0.25, -0.2) is 4.98 Å². The molecule has 0 bridgehead atoms. The van der Waals surface area contributed by atoms with Crippen molar-refractivity contribution in [3.8, 4) is 0 Å². The standard InChI is InChI=1S/C18H25BrN6/c1-20-18(22-8-4-10-24-12-9-21-14-24)23-15-7-11-25(13-15)17-6-3-2-5-16(17)19/h2-3,5-6,9,12,14-15H,4,7-8,10-11,13H2,1H3,(H2,20,22,23). The molecule has 2 N–H and O–H groups in total. The molecule has 0 amide bonds. The average Bonchev–Trinajstić information content (AvgIpc) is 3.30. The number of aliphatic imine (C=N–C) groups is 1. The van der Waals surface area contributed by atoms with Gasteiger partial charge in [-0.2, -0.15) is 0 Å². The predicted octanol–water partition coefficient (Wildman–Crippen LogP) is 2.48. The number of benzene rings is 1. The van der Waals surface area contributed by atoms with Crippen LogP contribution in [0.1, 0.15) is 12.8 Å². The van der Waals surface area contributed by atoms with Crippen LogP contribution in [-0.4, -0.2) is 48.2 Å². The maximum Gasteiger partial charge on any atom is 0.191 e. The van der Waals surface area contributed by atoms with Crippen LogP contribution in [0.4, 0.5) is 5.69 Å². The highest BCUT2D eigenvalue weighted by Gasteiger charge is 2.24. The predicted molar refractivity (Wildman–Crippen MR) is 106 cm³/mol. The second-order valence-corrected chi connectivity index (χ2v) is 7.03. The molecule has 2 aromatic rings. The fourth-order valence-corrected chi connectivity index (χ4v) is 3.62. The van der Waals surface area contributed by atoms with E-state index < -0.39 is 0 Å². The zero-order valence-corrected chi connectivity index (χ0v) is 16.1. The summed E-state index contributed by atoms with van der Waals surface area (Å²) in [7, 11) is 1.83. The largest absolute Gasteiger partial charge is 0.368 e. The molecule has 1 aromatic carbocycles. The van der Waals surface area contributed by atoms with E-state index >= 15 is 0 Å². The molecule has 1 fully saturated rings. The van der Waals surface area contributed by atoms with E-state index in [0.29, 0.717) is 6.04 Å². The van der Waals surface area contributed by atoms with Crippen LogP contribution in [0.2, 0.25) is 0 Å². The summed E-state index contributed by atoms with van der Waals surface area (Å²) in [4.78, 5) is 10.8. The van der Waals surface area contributed by atoms with Gasteiger partial charge in [0.15, 0.2) is 5.96 Å². The van der Waals surface area contributed by atoms with Crippen LogP contribution >= 0.6 is 15.9 Å². The number of rotatable bonds is 6. The summed E-state index contributed by atoms with van der Waals surface area (Å²) in [5.41, 5.74) is 1.26. The Morgan fingerprint density at radius 2 is 2.28 bits per heavy atom. The maximum atomic E-state index is 4.35. The number of hydrogen-bond donors (Lipinski definition) is 2. The summed E-state index contributed by atoms with van der Waals surface area (Å²) in [6, 6.07) is 8.80. The second kappa shape index (κ2) is 8.89. The van der Waals surface area contributed by atoms with Crippen LogP contribution in [-0.2, 0) is 6.54 Å². The van der Waals surface area contributed by atoms with Gasteiger partial charge in [-0.3, -0.25) is 4.99 Å². The van der Waals surface area contributed by atoms with Gasteiger partial charge in [-0.15, -0.1) is 0 Å². The monoisotopic (exact) mass is 404 g/mol. The normalized spacial score (nSPS) is 17.8. The molecule has 2 heterocycles. The Hall–Kier alpha value is -2.02. The van der Waals surface area contributed by atoms with Crippen LogP contribution in [0.5, 0.6) is 0 Å². The van der Waals surface area contributed by atoms with Crippen molar-refractivity contribution in [3.05, 3.63) is 47.5 Å². The SMILES string of the molecule is CN=C(NCCCn1ccnc1)NC1CCN(c2ccccc2Br)C1. The molecular formula is C18H25BrN6. The molecule has 1 aliphatic rings. The van der Waals surface area contributed by atoms with Crippen molar-refractivity contribution in [3.63, 3.8) is 0 Å². The summed E-state index contributed by atoms with van der Waals surface area (Å²) >= 11 is 3.64. The highest BCUT2D eigenvalue weighted by molar-refractivity contribution is 9.10. The van der Waals surface area contributed by atoms with E-state index in [1.54, 1.807) is 0 Å². The third-order valence-electron chi connectivity index (χ3n) is 4.39. The smallest absolute Gasteiger partial charge is 0.191 e. The molecule has 0 spiro atoms. The van der Waals surface area contributed by atoms with Crippen molar-refractivity contribution in [1.82, 2.24) is 20.2 Å². The second-order valence-electron chi connectivity index (χ2n) is 6.18. The van der Waals surface area contributed by atoms with Gasteiger partial charge in [0.1, 0.15) is 0 Å². The Morgan fingerprint density at radius 1 is 1.40 bits per heavy atom. The fourth-order valence-electron chi connectivity index (χ4n) is 3.08. The van der Waals surface area contributed by atoms with E-state index in [1.807, 2.05) is 25.8 Å². The Morgan fingerprint density at radius 3 is 3.04 bits per heavy atom. The molecule has 6 nitrogen and oxygen atoms in total. The number of aryl methyl sites for hydroxylation is 1. The van der Waals surface area contributed by atoms with Crippen LogP contribution in [0, 0.1) is 0 Å². The minimum Gasteiger partial charge on any atom is -0.368 e. The van der Waals surface area contributed by atoms with E-state index in [-0.39, 0.29) is 0 Å². The molecule has 1 saturated heterocycles. The van der Waals surface area contributed by atoms with Gasteiger partial charge in [0.2, 0.25) is 0 Å². The summed E-state index contributed by atoms with van der Waals surface area (Å²) in [6.07, 6.45) is 7.79. The number of hydrogen-bond acceptors (Lipinski definition) is 3. The number of nitrogens with one attached hydrogen (secondary N) is 2. The summed E-state index contributed by atoms with van der Waals surface area (Å²) < 4.78 is 3.24. The number of nitrogens with zero attached hydrogens (tertiary/aromatic N) is 4. The quantitative estimate of drug-likeness (QED) is 0.441. The molecule has 134 valence electrons. The molecule has 25 heavy (non-hydrogen) atoms. The van der Waals surface area contributed by atoms with Crippen molar-refractivity contribution >= 4 is 27.6 Å². The molecule has 0 radical (unpaired) electrons. The number of halogens is 1. The first-order valence-corrected chi connectivity index (χ1v) is 9.48. The van der Waals surface area contributed by atoms with Crippen LogP contribution in [0.15, 0.2) is 52.5 Å². The van der Waals surface area contributed by atoms with E-state index in [0.717, 1.165) is 49.5 Å². The van der Waals surface area contributed by atoms with Gasteiger partial charge in [0.25, 0.3) is 0 Å². The van der Waals surface area contributed by atoms with Gasteiger partial charge in [-0.1, -0.05) is 12.1 Å². The minimum absolute atomic E-state index is 0.409. The summed E-state index contributed by atoms with van der Waals surface area (Å²) in [6.45, 7) is 3.89. The molecular weight excluding hydrogens is 380 g/mol. The lowest BCUT2D eigenvalue weighted by molar-refractivity contribution is 0.609. The topological polar surface area (TPSA) is 57.5 Å². The Bertz CT molecular complexity index is 685.